The van der Waals surface area contributed by atoms with Gasteiger partial charge in [-0.05, 0) is 36.4 Å². The molecule has 0 spiro atoms. The lowest BCUT2D eigenvalue weighted by atomic mass is 10.1. The molecule has 1 unspecified atom stereocenters. The highest BCUT2D eigenvalue weighted by Gasteiger charge is 2.14. The number of amides is 1. The number of benzene rings is 1. The van der Waals surface area contributed by atoms with Gasteiger partial charge in [0.1, 0.15) is 0 Å². The Balaban J connectivity index is 1.90. The van der Waals surface area contributed by atoms with Gasteiger partial charge in [0.2, 0.25) is 5.91 Å². The van der Waals surface area contributed by atoms with Crippen LogP contribution < -0.4 is 10.0 Å². The number of aromatic nitrogens is 1. The van der Waals surface area contributed by atoms with E-state index in [9.17, 15) is 10.0 Å². The van der Waals surface area contributed by atoms with E-state index in [4.69, 9.17) is 11.6 Å². The lowest BCUT2D eigenvalue weighted by Crippen LogP contribution is -2.31. The number of nitrogens with zero attached hydrogens (tertiary/aromatic N) is 1. The Morgan fingerprint density at radius 2 is 2.05 bits per heavy atom. The Kier molecular flexibility index (Phi) is 5.47. The van der Waals surface area contributed by atoms with Gasteiger partial charge in [-0.1, -0.05) is 29.8 Å². The largest absolute Gasteiger partial charge is 0.618 e. The molecule has 0 aliphatic rings. The molecule has 1 atom stereocenters. The van der Waals surface area contributed by atoms with Crippen molar-refractivity contribution >= 4 is 29.3 Å². The van der Waals surface area contributed by atoms with Gasteiger partial charge in [-0.3, -0.25) is 4.79 Å². The van der Waals surface area contributed by atoms with Gasteiger partial charge in [-0.15, -0.1) is 0 Å². The van der Waals surface area contributed by atoms with Gasteiger partial charge < -0.3 is 10.5 Å². The molecule has 2 rings (SSSR count). The Morgan fingerprint density at radius 3 is 2.76 bits per heavy atom. The molecule has 0 saturated heterocycles. The molecule has 1 heterocycles. The second-order valence-corrected chi connectivity index (χ2v) is 5.87. The summed E-state index contributed by atoms with van der Waals surface area (Å²) in [5, 5.41) is 15.5. The van der Waals surface area contributed by atoms with Gasteiger partial charge in [0.05, 0.1) is 11.8 Å². The summed E-state index contributed by atoms with van der Waals surface area (Å²) in [6.45, 7) is 1.88. The van der Waals surface area contributed by atoms with E-state index in [1.807, 2.05) is 25.1 Å². The van der Waals surface area contributed by atoms with Crippen LogP contribution in [0.5, 0.6) is 0 Å². The first-order valence-electron chi connectivity index (χ1n) is 6.42. The summed E-state index contributed by atoms with van der Waals surface area (Å²) in [6, 6.07) is 12.3. The minimum absolute atomic E-state index is 0.142. The predicted octanol–water partition coefficient (Wildman–Crippen LogP) is 2.94. The maximum atomic E-state index is 11.9. The van der Waals surface area contributed by atoms with Crippen molar-refractivity contribution in [2.24, 2.45) is 0 Å². The van der Waals surface area contributed by atoms with Crippen molar-refractivity contribution in [1.29, 1.82) is 0 Å². The summed E-state index contributed by atoms with van der Waals surface area (Å²) in [6.07, 6.45) is 1.41. The number of carbonyl (C=O) groups is 1. The van der Waals surface area contributed by atoms with Crippen molar-refractivity contribution in [1.82, 2.24) is 5.32 Å². The second kappa shape index (κ2) is 7.33. The normalized spacial score (nSPS) is 11.9. The molecule has 4 nitrogen and oxygen atoms in total. The summed E-state index contributed by atoms with van der Waals surface area (Å²) in [5.74, 6) is 0.0393. The second-order valence-electron chi connectivity index (χ2n) is 4.46. The fourth-order valence-electron chi connectivity index (χ4n) is 1.85. The van der Waals surface area contributed by atoms with Gasteiger partial charge in [0, 0.05) is 17.2 Å². The summed E-state index contributed by atoms with van der Waals surface area (Å²) >= 11 is 7.30. The van der Waals surface area contributed by atoms with Gasteiger partial charge in [0.15, 0.2) is 6.20 Å². The quantitative estimate of drug-likeness (QED) is 0.523. The first-order chi connectivity index (χ1) is 10.1. The number of halogens is 1. The molecule has 0 fully saturated rings. The summed E-state index contributed by atoms with van der Waals surface area (Å²) in [7, 11) is 0. The molecule has 21 heavy (non-hydrogen) atoms. The average Bonchev–Trinajstić information content (AvgIpc) is 2.46. The Bertz CT molecular complexity index is 637. The number of carbonyl (C=O) groups excluding carboxylic acids is 1. The monoisotopic (exact) mass is 322 g/mol. The summed E-state index contributed by atoms with van der Waals surface area (Å²) < 4.78 is 0.745. The van der Waals surface area contributed by atoms with Crippen LogP contribution in [0.3, 0.4) is 0 Å². The van der Waals surface area contributed by atoms with Crippen LogP contribution in [0.4, 0.5) is 0 Å². The fraction of sp³-hybridized carbons (Fsp3) is 0.200. The molecule has 0 bridgehead atoms. The number of hydrogen-bond donors (Lipinski definition) is 1. The van der Waals surface area contributed by atoms with Gasteiger partial charge in [0.25, 0.3) is 5.03 Å². The Morgan fingerprint density at radius 1 is 1.33 bits per heavy atom. The minimum atomic E-state index is -0.179. The van der Waals surface area contributed by atoms with E-state index in [2.05, 4.69) is 5.32 Å². The third-order valence-corrected chi connectivity index (χ3v) is 4.25. The van der Waals surface area contributed by atoms with Crippen molar-refractivity contribution in [2.75, 3.05) is 5.75 Å². The lowest BCUT2D eigenvalue weighted by Gasteiger charge is -2.15. The van der Waals surface area contributed by atoms with Gasteiger partial charge >= 0.3 is 0 Å². The smallest absolute Gasteiger partial charge is 0.251 e. The molecule has 1 amide bonds. The van der Waals surface area contributed by atoms with Crippen molar-refractivity contribution in [3.05, 3.63) is 64.5 Å². The van der Waals surface area contributed by atoms with E-state index < -0.39 is 0 Å². The molecule has 2 aromatic rings. The number of hydrogen-bond acceptors (Lipinski definition) is 3. The molecular formula is C15H15ClN2O2S. The molecular weight excluding hydrogens is 308 g/mol. The van der Waals surface area contributed by atoms with Crippen LogP contribution in [-0.4, -0.2) is 11.7 Å². The van der Waals surface area contributed by atoms with Gasteiger partial charge in [-0.2, -0.15) is 4.73 Å². The third kappa shape index (κ3) is 4.37. The highest BCUT2D eigenvalue weighted by Crippen LogP contribution is 2.22. The Labute approximate surface area is 132 Å². The van der Waals surface area contributed by atoms with Crippen molar-refractivity contribution in [3.63, 3.8) is 0 Å². The number of nitrogens with one attached hydrogen (secondary N) is 1. The first kappa shape index (κ1) is 15.7. The molecule has 0 radical (unpaired) electrons. The summed E-state index contributed by atoms with van der Waals surface area (Å²) in [5.41, 5.74) is 0.871. The topological polar surface area (TPSA) is 56.0 Å². The van der Waals surface area contributed by atoms with Crippen molar-refractivity contribution in [3.8, 4) is 0 Å². The predicted molar refractivity (Wildman–Crippen MR) is 84.1 cm³/mol. The molecule has 0 saturated carbocycles. The first-order valence-corrected chi connectivity index (χ1v) is 7.79. The maximum Gasteiger partial charge on any atom is 0.251 e. The highest BCUT2D eigenvalue weighted by atomic mass is 35.5. The van der Waals surface area contributed by atoms with Crippen LogP contribution >= 0.6 is 23.4 Å². The van der Waals surface area contributed by atoms with Gasteiger partial charge in [-0.25, -0.2) is 0 Å². The molecule has 1 N–H and O–H groups in total. The van der Waals surface area contributed by atoms with E-state index in [-0.39, 0.29) is 17.7 Å². The molecule has 1 aromatic heterocycles. The minimum Gasteiger partial charge on any atom is -0.618 e. The molecule has 0 aliphatic carbocycles. The van der Waals surface area contributed by atoms with E-state index in [0.717, 1.165) is 10.3 Å². The number of thioether (sulfide) groups is 1. The van der Waals surface area contributed by atoms with Crippen LogP contribution in [0.2, 0.25) is 5.02 Å². The van der Waals surface area contributed by atoms with E-state index in [0.29, 0.717) is 10.0 Å². The van der Waals surface area contributed by atoms with Crippen LogP contribution in [0.25, 0.3) is 0 Å². The summed E-state index contributed by atoms with van der Waals surface area (Å²) in [4.78, 5) is 11.9. The molecule has 110 valence electrons. The Hall–Kier alpha value is -1.72. The standard InChI is InChI=1S/C15H15ClN2O2S/c1-11(12-6-2-3-7-13(12)16)17-14(19)10-21-15-8-4-5-9-18(15)20/h2-9,11H,10H2,1H3,(H,17,19). The zero-order chi connectivity index (χ0) is 15.2. The van der Waals surface area contributed by atoms with Crippen LogP contribution in [0, 0.1) is 5.21 Å². The van der Waals surface area contributed by atoms with Crippen LogP contribution in [0.15, 0.2) is 53.7 Å². The molecule has 0 aliphatic heterocycles. The van der Waals surface area contributed by atoms with Crippen molar-refractivity contribution < 1.29 is 9.52 Å². The van der Waals surface area contributed by atoms with Crippen LogP contribution in [0.1, 0.15) is 18.5 Å². The van der Waals surface area contributed by atoms with Crippen molar-refractivity contribution in [2.45, 2.75) is 18.0 Å². The van der Waals surface area contributed by atoms with E-state index in [1.54, 1.807) is 24.3 Å². The number of rotatable bonds is 5. The molecule has 1 aromatic carbocycles. The lowest BCUT2D eigenvalue weighted by molar-refractivity contribution is -0.645. The highest BCUT2D eigenvalue weighted by molar-refractivity contribution is 7.99. The van der Waals surface area contributed by atoms with E-state index in [1.165, 1.54) is 18.0 Å². The van der Waals surface area contributed by atoms with E-state index >= 15 is 0 Å². The third-order valence-electron chi connectivity index (χ3n) is 2.89. The zero-order valence-electron chi connectivity index (χ0n) is 11.5. The van der Waals surface area contributed by atoms with Crippen LogP contribution in [-0.2, 0) is 4.79 Å². The average molecular weight is 323 g/mol. The fourth-order valence-corrected chi connectivity index (χ4v) is 2.88. The SMILES string of the molecule is CC(NC(=O)CSc1cccc[n+]1[O-])c1ccccc1Cl. The number of pyridine rings is 1. The molecule has 6 heteroatoms. The maximum absolute atomic E-state index is 11.9. The zero-order valence-corrected chi connectivity index (χ0v) is 13.0.